The third kappa shape index (κ3) is 5.74. The van der Waals surface area contributed by atoms with Gasteiger partial charge in [-0.2, -0.15) is 0 Å². The topological polar surface area (TPSA) is 59.6 Å². The van der Waals surface area contributed by atoms with E-state index in [1.54, 1.807) is 7.11 Å². The highest BCUT2D eigenvalue weighted by atomic mass is 127. The SMILES string of the molecule is COc1cc(C)ccc1CN=C(N)Nc1cc(C)cc(C)c1.I. The number of anilines is 1. The van der Waals surface area contributed by atoms with Crippen molar-refractivity contribution in [3.05, 3.63) is 58.7 Å². The summed E-state index contributed by atoms with van der Waals surface area (Å²) in [6.07, 6.45) is 0. The molecule has 0 heterocycles. The van der Waals surface area contributed by atoms with Crippen LogP contribution in [-0.2, 0) is 6.54 Å². The summed E-state index contributed by atoms with van der Waals surface area (Å²) in [7, 11) is 1.67. The molecule has 2 aromatic carbocycles. The van der Waals surface area contributed by atoms with Gasteiger partial charge in [0.05, 0.1) is 13.7 Å². The van der Waals surface area contributed by atoms with E-state index in [0.717, 1.165) is 22.6 Å². The van der Waals surface area contributed by atoms with Gasteiger partial charge in [-0.05, 0) is 55.7 Å². The second-order valence-corrected chi connectivity index (χ2v) is 5.52. The van der Waals surface area contributed by atoms with E-state index in [-0.39, 0.29) is 24.0 Å². The van der Waals surface area contributed by atoms with Crippen LogP contribution in [0.15, 0.2) is 41.4 Å². The summed E-state index contributed by atoms with van der Waals surface area (Å²) in [5.41, 5.74) is 11.5. The second kappa shape index (κ2) is 8.76. The van der Waals surface area contributed by atoms with E-state index >= 15 is 0 Å². The Kier molecular flexibility index (Phi) is 7.35. The van der Waals surface area contributed by atoms with Gasteiger partial charge in [0, 0.05) is 11.3 Å². The normalized spacial score (nSPS) is 10.9. The molecule has 0 fully saturated rings. The van der Waals surface area contributed by atoms with Crippen molar-refractivity contribution in [1.29, 1.82) is 0 Å². The molecule has 0 amide bonds. The van der Waals surface area contributed by atoms with E-state index in [2.05, 4.69) is 30.2 Å². The molecule has 0 saturated carbocycles. The fraction of sp³-hybridized carbons (Fsp3) is 0.278. The van der Waals surface area contributed by atoms with Crippen molar-refractivity contribution in [2.24, 2.45) is 10.7 Å². The van der Waals surface area contributed by atoms with Crippen LogP contribution in [0, 0.1) is 20.8 Å². The summed E-state index contributed by atoms with van der Waals surface area (Å²) in [6, 6.07) is 12.3. The summed E-state index contributed by atoms with van der Waals surface area (Å²) in [5.74, 6) is 1.23. The summed E-state index contributed by atoms with van der Waals surface area (Å²) >= 11 is 0. The third-order valence-corrected chi connectivity index (χ3v) is 3.36. The van der Waals surface area contributed by atoms with Crippen molar-refractivity contribution in [1.82, 2.24) is 0 Å². The smallest absolute Gasteiger partial charge is 0.193 e. The van der Waals surface area contributed by atoms with Gasteiger partial charge >= 0.3 is 0 Å². The van der Waals surface area contributed by atoms with E-state index in [1.807, 2.05) is 37.3 Å². The first-order chi connectivity index (χ1) is 10.5. The first-order valence-electron chi connectivity index (χ1n) is 7.26. The predicted octanol–water partition coefficient (Wildman–Crippen LogP) is 4.17. The van der Waals surface area contributed by atoms with Gasteiger partial charge in [0.2, 0.25) is 0 Å². The number of hydrogen-bond acceptors (Lipinski definition) is 2. The quantitative estimate of drug-likeness (QED) is 0.439. The van der Waals surface area contributed by atoms with Crippen molar-refractivity contribution in [3.63, 3.8) is 0 Å². The van der Waals surface area contributed by atoms with Crippen LogP contribution in [-0.4, -0.2) is 13.1 Å². The molecule has 0 unspecified atom stereocenters. The number of rotatable bonds is 4. The van der Waals surface area contributed by atoms with Crippen LogP contribution in [0.1, 0.15) is 22.3 Å². The number of halogens is 1. The fourth-order valence-electron chi connectivity index (χ4n) is 2.39. The Morgan fingerprint density at radius 3 is 2.30 bits per heavy atom. The number of ether oxygens (including phenoxy) is 1. The van der Waals surface area contributed by atoms with Gasteiger partial charge in [-0.25, -0.2) is 4.99 Å². The molecule has 124 valence electrons. The Bertz CT molecular complexity index is 678. The summed E-state index contributed by atoms with van der Waals surface area (Å²) in [5, 5.41) is 3.13. The van der Waals surface area contributed by atoms with Gasteiger partial charge < -0.3 is 15.8 Å². The molecule has 0 spiro atoms. The van der Waals surface area contributed by atoms with E-state index in [4.69, 9.17) is 10.5 Å². The number of nitrogens with zero attached hydrogens (tertiary/aromatic N) is 1. The highest BCUT2D eigenvalue weighted by molar-refractivity contribution is 14.0. The molecule has 4 nitrogen and oxygen atoms in total. The number of hydrogen-bond donors (Lipinski definition) is 2. The molecule has 0 aromatic heterocycles. The van der Waals surface area contributed by atoms with Crippen LogP contribution in [0.5, 0.6) is 5.75 Å². The average Bonchev–Trinajstić information content (AvgIpc) is 2.44. The molecule has 0 aliphatic carbocycles. The number of aliphatic imine (C=N–C) groups is 1. The number of aryl methyl sites for hydroxylation is 3. The Morgan fingerprint density at radius 1 is 1.04 bits per heavy atom. The molecular weight excluding hydrogens is 401 g/mol. The second-order valence-electron chi connectivity index (χ2n) is 5.52. The van der Waals surface area contributed by atoms with Gasteiger partial charge in [0.15, 0.2) is 5.96 Å². The number of guanidine groups is 1. The van der Waals surface area contributed by atoms with Gasteiger partial charge in [0.25, 0.3) is 0 Å². The van der Waals surface area contributed by atoms with Crippen molar-refractivity contribution in [2.75, 3.05) is 12.4 Å². The van der Waals surface area contributed by atoms with Crippen LogP contribution in [0.2, 0.25) is 0 Å². The minimum atomic E-state index is 0. The number of nitrogens with two attached hydrogens (primary N) is 1. The Balaban J connectivity index is 0.00000264. The van der Waals surface area contributed by atoms with Crippen LogP contribution < -0.4 is 15.8 Å². The van der Waals surface area contributed by atoms with E-state index in [0.29, 0.717) is 12.5 Å². The maximum absolute atomic E-state index is 5.97. The molecule has 23 heavy (non-hydrogen) atoms. The summed E-state index contributed by atoms with van der Waals surface area (Å²) in [6.45, 7) is 6.63. The lowest BCUT2D eigenvalue weighted by molar-refractivity contribution is 0.409. The highest BCUT2D eigenvalue weighted by Gasteiger charge is 2.03. The molecule has 2 rings (SSSR count). The van der Waals surface area contributed by atoms with E-state index in [1.165, 1.54) is 11.1 Å². The zero-order valence-corrected chi connectivity index (χ0v) is 16.3. The lowest BCUT2D eigenvalue weighted by Crippen LogP contribution is -2.22. The molecule has 0 atom stereocenters. The number of methoxy groups -OCH3 is 1. The minimum absolute atomic E-state index is 0. The monoisotopic (exact) mass is 425 g/mol. The molecule has 0 saturated heterocycles. The standard InChI is InChI=1S/C18H23N3O.HI/c1-12-5-6-15(17(10-12)22-4)11-20-18(19)21-16-8-13(2)7-14(3)9-16;/h5-10H,11H2,1-4H3,(H3,19,20,21);1H. The first kappa shape index (κ1) is 19.3. The van der Waals surface area contributed by atoms with Gasteiger partial charge in [0.1, 0.15) is 5.75 Å². The van der Waals surface area contributed by atoms with Crippen LogP contribution >= 0.6 is 24.0 Å². The largest absolute Gasteiger partial charge is 0.496 e. The van der Waals surface area contributed by atoms with Gasteiger partial charge in [-0.1, -0.05) is 18.2 Å². The zero-order valence-electron chi connectivity index (χ0n) is 14.0. The minimum Gasteiger partial charge on any atom is -0.496 e. The van der Waals surface area contributed by atoms with E-state index < -0.39 is 0 Å². The van der Waals surface area contributed by atoms with Crippen molar-refractivity contribution < 1.29 is 4.74 Å². The fourth-order valence-corrected chi connectivity index (χ4v) is 2.39. The molecule has 2 aromatic rings. The lowest BCUT2D eigenvalue weighted by atomic mass is 10.1. The maximum atomic E-state index is 5.97. The number of nitrogens with one attached hydrogen (secondary N) is 1. The predicted molar refractivity (Wildman–Crippen MR) is 108 cm³/mol. The lowest BCUT2D eigenvalue weighted by Gasteiger charge is -2.10. The van der Waals surface area contributed by atoms with Crippen LogP contribution in [0.4, 0.5) is 5.69 Å². The molecule has 3 N–H and O–H groups in total. The Hall–Kier alpha value is -1.76. The summed E-state index contributed by atoms with van der Waals surface area (Å²) in [4.78, 5) is 4.39. The van der Waals surface area contributed by atoms with E-state index in [9.17, 15) is 0 Å². The molecule has 5 heteroatoms. The average molecular weight is 425 g/mol. The van der Waals surface area contributed by atoms with Crippen molar-refractivity contribution in [2.45, 2.75) is 27.3 Å². The zero-order chi connectivity index (χ0) is 16.1. The van der Waals surface area contributed by atoms with Gasteiger partial charge in [-0.3, -0.25) is 0 Å². The van der Waals surface area contributed by atoms with Crippen molar-refractivity contribution >= 4 is 35.6 Å². The highest BCUT2D eigenvalue weighted by Crippen LogP contribution is 2.20. The molecule has 0 aliphatic heterocycles. The van der Waals surface area contributed by atoms with Gasteiger partial charge in [-0.15, -0.1) is 24.0 Å². The molecule has 0 bridgehead atoms. The van der Waals surface area contributed by atoms with Crippen LogP contribution in [0.3, 0.4) is 0 Å². The summed E-state index contributed by atoms with van der Waals surface area (Å²) < 4.78 is 5.38. The number of benzene rings is 2. The molecule has 0 radical (unpaired) electrons. The van der Waals surface area contributed by atoms with Crippen LogP contribution in [0.25, 0.3) is 0 Å². The molecular formula is C18H24IN3O. The first-order valence-corrected chi connectivity index (χ1v) is 7.26. The maximum Gasteiger partial charge on any atom is 0.193 e. The third-order valence-electron chi connectivity index (χ3n) is 3.36. The Labute approximate surface area is 155 Å². The molecule has 0 aliphatic rings. The Morgan fingerprint density at radius 2 is 1.70 bits per heavy atom. The van der Waals surface area contributed by atoms with Crippen molar-refractivity contribution in [3.8, 4) is 5.75 Å².